The van der Waals surface area contributed by atoms with Gasteiger partial charge >= 0.3 is 11.9 Å². The van der Waals surface area contributed by atoms with Crippen LogP contribution in [0.1, 0.15) is 156 Å². The number of carbonyl (C=O) groups excluding carboxylic acids is 3. The number of esters is 2. The number of ether oxygens (including phenoxy) is 2. The number of ketones is 1. The molecule has 0 spiro atoms. The molecule has 0 aromatic heterocycles. The van der Waals surface area contributed by atoms with Crippen LogP contribution < -0.4 is 0 Å². The van der Waals surface area contributed by atoms with Crippen molar-refractivity contribution >= 4 is 17.7 Å². The third-order valence-electron chi connectivity index (χ3n) is 9.52. The van der Waals surface area contributed by atoms with Crippen molar-refractivity contribution in [1.82, 2.24) is 0 Å². The molecule has 1 fully saturated rings. The van der Waals surface area contributed by atoms with Crippen molar-refractivity contribution in [3.8, 4) is 0 Å². The van der Waals surface area contributed by atoms with Crippen molar-refractivity contribution in [2.45, 2.75) is 180 Å². The molecule has 4 N–H and O–H groups in total. The summed E-state index contributed by atoms with van der Waals surface area (Å²) in [5, 5.41) is 41.0. The molecular formula is C38H68O9. The highest BCUT2D eigenvalue weighted by atomic mass is 16.6. The van der Waals surface area contributed by atoms with Gasteiger partial charge in [0, 0.05) is 43.9 Å². The van der Waals surface area contributed by atoms with E-state index in [4.69, 9.17) is 9.47 Å². The number of hydrogen-bond acceptors (Lipinski definition) is 9. The van der Waals surface area contributed by atoms with Crippen LogP contribution in [0.2, 0.25) is 0 Å². The average Bonchev–Trinajstić information content (AvgIpc) is 3.31. The zero-order valence-electron chi connectivity index (χ0n) is 29.8. The van der Waals surface area contributed by atoms with Gasteiger partial charge in [-0.15, -0.1) is 0 Å². The minimum atomic E-state index is -1.09. The Labute approximate surface area is 284 Å². The van der Waals surface area contributed by atoms with Crippen LogP contribution in [0.25, 0.3) is 0 Å². The molecule has 9 heteroatoms. The van der Waals surface area contributed by atoms with Crippen molar-refractivity contribution in [1.29, 1.82) is 0 Å². The second kappa shape index (κ2) is 27.1. The van der Waals surface area contributed by atoms with Crippen LogP contribution in [-0.4, -0.2) is 75.8 Å². The number of aliphatic hydroxyl groups is 4. The van der Waals surface area contributed by atoms with Gasteiger partial charge in [0.15, 0.2) is 0 Å². The highest BCUT2D eigenvalue weighted by Gasteiger charge is 2.41. The first-order chi connectivity index (χ1) is 22.6. The van der Waals surface area contributed by atoms with Gasteiger partial charge in [0.2, 0.25) is 0 Å². The summed E-state index contributed by atoms with van der Waals surface area (Å²) < 4.78 is 10.2. The number of rotatable bonds is 29. The van der Waals surface area contributed by atoms with E-state index in [1.165, 1.54) is 44.9 Å². The van der Waals surface area contributed by atoms with Crippen LogP contribution in [0.3, 0.4) is 0 Å². The predicted molar refractivity (Wildman–Crippen MR) is 185 cm³/mol. The fourth-order valence-electron chi connectivity index (χ4n) is 6.17. The van der Waals surface area contributed by atoms with Crippen molar-refractivity contribution in [2.75, 3.05) is 13.2 Å². The average molecular weight is 669 g/mol. The maximum Gasteiger partial charge on any atom is 0.305 e. The van der Waals surface area contributed by atoms with Crippen molar-refractivity contribution in [2.24, 2.45) is 17.8 Å². The molecule has 9 nitrogen and oxygen atoms in total. The second-order valence-corrected chi connectivity index (χ2v) is 13.9. The van der Waals surface area contributed by atoms with Gasteiger partial charge in [-0.05, 0) is 31.6 Å². The van der Waals surface area contributed by atoms with Gasteiger partial charge in [0.1, 0.15) is 25.1 Å². The van der Waals surface area contributed by atoms with Crippen LogP contribution in [0.15, 0.2) is 12.2 Å². The molecule has 1 rings (SSSR count). The SMILES string of the molecule is CCCCC[C@H](O)/C=C/[C@@H]1[C@@H](CC(=O)CCCCC(=O)OC[C@H](O)COC(=O)CCCCCCCCCCC(C)CC)[C@@H](O)C[C@H]1O. The molecule has 0 radical (unpaired) electrons. The largest absolute Gasteiger partial charge is 0.463 e. The number of unbranched alkanes of at least 4 members (excludes halogenated alkanes) is 10. The van der Waals surface area contributed by atoms with Crippen molar-refractivity contribution in [3.05, 3.63) is 12.2 Å². The Morgan fingerprint density at radius 2 is 1.26 bits per heavy atom. The Balaban J connectivity index is 2.11. The third-order valence-corrected chi connectivity index (χ3v) is 9.52. The van der Waals surface area contributed by atoms with E-state index in [1.54, 1.807) is 12.2 Å². The van der Waals surface area contributed by atoms with E-state index in [0.717, 1.165) is 44.4 Å². The van der Waals surface area contributed by atoms with E-state index in [9.17, 15) is 34.8 Å². The van der Waals surface area contributed by atoms with Crippen molar-refractivity contribution in [3.63, 3.8) is 0 Å². The van der Waals surface area contributed by atoms with E-state index in [1.807, 2.05) is 0 Å². The van der Waals surface area contributed by atoms with Crippen LogP contribution in [0.4, 0.5) is 0 Å². The van der Waals surface area contributed by atoms with Gasteiger partial charge in [-0.2, -0.15) is 0 Å². The molecule has 0 aromatic carbocycles. The fraction of sp³-hybridized carbons (Fsp3) is 0.868. The molecule has 0 bridgehead atoms. The van der Waals surface area contributed by atoms with Crippen molar-refractivity contribution < 1.29 is 44.3 Å². The molecule has 0 aromatic rings. The lowest BCUT2D eigenvalue weighted by Crippen LogP contribution is -2.25. The van der Waals surface area contributed by atoms with Crippen LogP contribution in [0, 0.1) is 17.8 Å². The fourth-order valence-corrected chi connectivity index (χ4v) is 6.17. The molecular weight excluding hydrogens is 600 g/mol. The Hall–Kier alpha value is -1.81. The van der Waals surface area contributed by atoms with Gasteiger partial charge in [-0.25, -0.2) is 0 Å². The molecule has 1 saturated carbocycles. The molecule has 1 aliphatic rings. The zero-order valence-corrected chi connectivity index (χ0v) is 29.8. The molecule has 0 heterocycles. The maximum absolute atomic E-state index is 12.6. The zero-order chi connectivity index (χ0) is 34.9. The first kappa shape index (κ1) is 43.2. The number of carbonyl (C=O) groups is 3. The second-order valence-electron chi connectivity index (χ2n) is 13.9. The summed E-state index contributed by atoms with van der Waals surface area (Å²) in [7, 11) is 0. The molecule has 47 heavy (non-hydrogen) atoms. The Kier molecular flexibility index (Phi) is 24.9. The highest BCUT2D eigenvalue weighted by Crippen LogP contribution is 2.36. The standard InChI is InChI=1S/C38H68O9/c1-4-6-13-19-30(39)23-24-33-34(36(43)26-35(33)42)25-31(40)20-16-17-22-38(45)47-28-32(41)27-46-37(44)21-15-12-10-8-7-9-11-14-18-29(3)5-2/h23-24,29-30,32-36,39,41-43H,4-22,25-28H2,1-3H3/b24-23+/t29?,30-,32+,33+,34+,35+,36-/m0/s1. The Bertz CT molecular complexity index is 860. The third kappa shape index (κ3) is 21.7. The summed E-state index contributed by atoms with van der Waals surface area (Å²) in [6, 6.07) is 0. The molecule has 0 amide bonds. The van der Waals surface area contributed by atoms with E-state index in [2.05, 4.69) is 20.8 Å². The maximum atomic E-state index is 12.6. The lowest BCUT2D eigenvalue weighted by Gasteiger charge is -2.20. The highest BCUT2D eigenvalue weighted by molar-refractivity contribution is 5.79. The van der Waals surface area contributed by atoms with Gasteiger partial charge in [0.25, 0.3) is 0 Å². The summed E-state index contributed by atoms with van der Waals surface area (Å²) in [5.74, 6) is -0.843. The van der Waals surface area contributed by atoms with E-state index in [0.29, 0.717) is 25.7 Å². The number of Topliss-reactive ketones (excluding diaryl/α,β-unsaturated/α-hetero) is 1. The Morgan fingerprint density at radius 1 is 0.723 bits per heavy atom. The summed E-state index contributed by atoms with van der Waals surface area (Å²) in [6.07, 6.45) is 17.6. The summed E-state index contributed by atoms with van der Waals surface area (Å²) in [6.45, 7) is 6.19. The molecule has 0 saturated heterocycles. The summed E-state index contributed by atoms with van der Waals surface area (Å²) in [5.41, 5.74) is 0. The number of aliphatic hydroxyl groups excluding tert-OH is 4. The minimum absolute atomic E-state index is 0.0430. The van der Waals surface area contributed by atoms with E-state index < -0.39 is 36.3 Å². The van der Waals surface area contributed by atoms with E-state index in [-0.39, 0.29) is 56.6 Å². The topological polar surface area (TPSA) is 151 Å². The van der Waals surface area contributed by atoms with Gasteiger partial charge in [-0.3, -0.25) is 14.4 Å². The van der Waals surface area contributed by atoms with Crippen LogP contribution in [0.5, 0.6) is 0 Å². The first-order valence-electron chi connectivity index (χ1n) is 18.8. The molecule has 0 aliphatic heterocycles. The van der Waals surface area contributed by atoms with Crippen LogP contribution >= 0.6 is 0 Å². The van der Waals surface area contributed by atoms with Crippen LogP contribution in [-0.2, 0) is 23.9 Å². The first-order valence-corrected chi connectivity index (χ1v) is 18.8. The minimum Gasteiger partial charge on any atom is -0.463 e. The molecule has 1 aliphatic carbocycles. The lowest BCUT2D eigenvalue weighted by atomic mass is 9.87. The quantitative estimate of drug-likeness (QED) is 0.0385. The molecule has 7 atom stereocenters. The Morgan fingerprint density at radius 3 is 1.85 bits per heavy atom. The predicted octanol–water partition coefficient (Wildman–Crippen LogP) is 6.76. The smallest absolute Gasteiger partial charge is 0.305 e. The molecule has 274 valence electrons. The number of hydrogen-bond donors (Lipinski definition) is 4. The normalized spacial score (nSPS) is 21.5. The molecule has 1 unspecified atom stereocenters. The lowest BCUT2D eigenvalue weighted by molar-refractivity contribution is -0.152. The van der Waals surface area contributed by atoms with Gasteiger partial charge in [0.05, 0.1) is 18.3 Å². The van der Waals surface area contributed by atoms with Gasteiger partial charge in [-0.1, -0.05) is 110 Å². The monoisotopic (exact) mass is 668 g/mol. The summed E-state index contributed by atoms with van der Waals surface area (Å²) in [4.78, 5) is 36.6. The van der Waals surface area contributed by atoms with Gasteiger partial charge < -0.3 is 29.9 Å². The summed E-state index contributed by atoms with van der Waals surface area (Å²) >= 11 is 0. The van der Waals surface area contributed by atoms with E-state index >= 15 is 0 Å².